The molecule has 0 bridgehead atoms. The van der Waals surface area contributed by atoms with Gasteiger partial charge in [0.25, 0.3) is 0 Å². The fraction of sp³-hybridized carbons (Fsp3) is 0.348. The van der Waals surface area contributed by atoms with E-state index in [1.807, 2.05) is 41.5 Å². The Morgan fingerprint density at radius 2 is 1.16 bits per heavy atom. The summed E-state index contributed by atoms with van der Waals surface area (Å²) in [6.45, 7) is 11.7. The summed E-state index contributed by atoms with van der Waals surface area (Å²) >= 11 is 0. The average molecular weight is 422 g/mol. The lowest BCUT2D eigenvalue weighted by Crippen LogP contribution is -2.09. The second-order valence-electron chi connectivity index (χ2n) is 7.40. The third kappa shape index (κ3) is 5.14. The monoisotopic (exact) mass is 422 g/mol. The summed E-state index contributed by atoms with van der Waals surface area (Å²) in [5, 5.41) is 9.36. The Morgan fingerprint density at radius 3 is 1.65 bits per heavy atom. The largest absolute Gasteiger partial charge is 0.483 e. The summed E-state index contributed by atoms with van der Waals surface area (Å²) in [6, 6.07) is 4.51. The zero-order valence-corrected chi connectivity index (χ0v) is 18.6. The number of rotatable bonds is 7. The Bertz CT molecular complexity index is 1140. The van der Waals surface area contributed by atoms with Crippen LogP contribution in [0.25, 0.3) is 0 Å². The second-order valence-corrected chi connectivity index (χ2v) is 7.40. The van der Waals surface area contributed by atoms with Crippen molar-refractivity contribution < 1.29 is 19.4 Å². The highest BCUT2D eigenvalue weighted by Gasteiger charge is 2.14. The van der Waals surface area contributed by atoms with Crippen molar-refractivity contribution in [2.45, 2.75) is 54.8 Å². The van der Waals surface area contributed by atoms with E-state index in [-0.39, 0.29) is 18.8 Å². The molecular weight excluding hydrogens is 396 g/mol. The summed E-state index contributed by atoms with van der Waals surface area (Å²) in [6.07, 6.45) is 0. The van der Waals surface area contributed by atoms with Crippen LogP contribution in [0.15, 0.2) is 18.2 Å². The van der Waals surface area contributed by atoms with E-state index in [4.69, 9.17) is 9.47 Å². The van der Waals surface area contributed by atoms with Gasteiger partial charge in [-0.05, 0) is 59.7 Å². The Balaban J connectivity index is 1.85. The number of hydrogen-bond acceptors (Lipinski definition) is 7. The van der Waals surface area contributed by atoms with E-state index in [1.54, 1.807) is 6.07 Å². The van der Waals surface area contributed by atoms with Gasteiger partial charge in [0.1, 0.15) is 13.2 Å². The number of aromatic carboxylic acids is 1. The fourth-order valence-electron chi connectivity index (χ4n) is 2.96. The van der Waals surface area contributed by atoms with E-state index in [0.29, 0.717) is 22.9 Å². The summed E-state index contributed by atoms with van der Waals surface area (Å²) < 4.78 is 11.9. The Hall–Kier alpha value is -3.55. The van der Waals surface area contributed by atoms with Crippen molar-refractivity contribution in [2.75, 3.05) is 0 Å². The molecule has 0 atom stereocenters. The lowest BCUT2D eigenvalue weighted by Gasteiger charge is -2.15. The first-order chi connectivity index (χ1) is 14.7. The smallest absolute Gasteiger partial charge is 0.335 e. The van der Waals surface area contributed by atoms with Crippen LogP contribution in [0.1, 0.15) is 55.9 Å². The van der Waals surface area contributed by atoms with Crippen molar-refractivity contribution in [3.63, 3.8) is 0 Å². The second kappa shape index (κ2) is 9.07. The van der Waals surface area contributed by atoms with Gasteiger partial charge in [0.15, 0.2) is 11.5 Å². The van der Waals surface area contributed by atoms with Gasteiger partial charge in [-0.1, -0.05) is 0 Å². The van der Waals surface area contributed by atoms with Crippen molar-refractivity contribution in [3.8, 4) is 11.5 Å². The maximum atomic E-state index is 11.4. The summed E-state index contributed by atoms with van der Waals surface area (Å²) in [7, 11) is 0. The van der Waals surface area contributed by atoms with Crippen molar-refractivity contribution in [3.05, 3.63) is 69.3 Å². The van der Waals surface area contributed by atoms with Crippen molar-refractivity contribution in [1.82, 2.24) is 19.9 Å². The molecule has 0 saturated carbocycles. The molecule has 1 aromatic carbocycles. The van der Waals surface area contributed by atoms with E-state index >= 15 is 0 Å². The van der Waals surface area contributed by atoms with Gasteiger partial charge in [-0.25, -0.2) is 4.79 Å². The Morgan fingerprint density at radius 1 is 0.710 bits per heavy atom. The lowest BCUT2D eigenvalue weighted by molar-refractivity contribution is 0.0696. The normalized spacial score (nSPS) is 10.8. The SMILES string of the molecule is Cc1nc(C)c(COc2ccc(C(=O)O)cc2OCc2nc(C)c(C)nc2C)nc1C. The highest BCUT2D eigenvalue weighted by molar-refractivity contribution is 5.88. The molecule has 0 aliphatic rings. The zero-order chi connectivity index (χ0) is 22.7. The maximum Gasteiger partial charge on any atom is 0.335 e. The van der Waals surface area contributed by atoms with Crippen molar-refractivity contribution >= 4 is 5.97 Å². The van der Waals surface area contributed by atoms with E-state index in [0.717, 1.165) is 34.2 Å². The van der Waals surface area contributed by atoms with E-state index < -0.39 is 5.97 Å². The standard InChI is InChI=1S/C23H26N4O4/c1-12-14(3)26-19(16(5)24-12)10-30-21-8-7-18(23(28)29)9-22(21)31-11-20-17(6)25-13(2)15(4)27-20/h7-9H,10-11H2,1-6H3,(H,28,29). The minimum Gasteiger partial charge on any atom is -0.483 e. The minimum absolute atomic E-state index is 0.104. The molecule has 162 valence electrons. The number of aryl methyl sites for hydroxylation is 6. The molecule has 3 rings (SSSR count). The predicted octanol–water partition coefficient (Wildman–Crippen LogP) is 3.97. The first kappa shape index (κ1) is 22.1. The van der Waals surface area contributed by atoms with Crippen LogP contribution in [0.2, 0.25) is 0 Å². The highest BCUT2D eigenvalue weighted by Crippen LogP contribution is 2.30. The van der Waals surface area contributed by atoms with Gasteiger partial charge >= 0.3 is 5.97 Å². The molecule has 2 aromatic heterocycles. The Labute approximate surface area is 181 Å². The van der Waals surface area contributed by atoms with Gasteiger partial charge in [0, 0.05) is 0 Å². The van der Waals surface area contributed by atoms with Crippen molar-refractivity contribution in [2.24, 2.45) is 0 Å². The molecule has 8 nitrogen and oxygen atoms in total. The van der Waals surface area contributed by atoms with Crippen LogP contribution >= 0.6 is 0 Å². The van der Waals surface area contributed by atoms with Crippen LogP contribution in [-0.2, 0) is 13.2 Å². The number of carboxylic acid groups (broad SMARTS) is 1. The Kier molecular flexibility index (Phi) is 6.48. The molecule has 8 heteroatoms. The fourth-order valence-corrected chi connectivity index (χ4v) is 2.96. The molecule has 31 heavy (non-hydrogen) atoms. The molecule has 3 aromatic rings. The van der Waals surface area contributed by atoms with Crippen LogP contribution < -0.4 is 9.47 Å². The van der Waals surface area contributed by atoms with Gasteiger partial charge in [0.2, 0.25) is 0 Å². The van der Waals surface area contributed by atoms with Gasteiger partial charge in [0.05, 0.1) is 51.1 Å². The molecule has 0 saturated heterocycles. The number of hydrogen-bond donors (Lipinski definition) is 1. The van der Waals surface area contributed by atoms with Crippen LogP contribution in [0.4, 0.5) is 0 Å². The van der Waals surface area contributed by atoms with Crippen LogP contribution in [0.3, 0.4) is 0 Å². The van der Waals surface area contributed by atoms with Gasteiger partial charge < -0.3 is 14.6 Å². The van der Waals surface area contributed by atoms with E-state index in [1.165, 1.54) is 12.1 Å². The number of carbonyl (C=O) groups is 1. The molecule has 0 unspecified atom stereocenters. The van der Waals surface area contributed by atoms with Crippen LogP contribution in [-0.4, -0.2) is 31.0 Å². The molecule has 1 N–H and O–H groups in total. The van der Waals surface area contributed by atoms with Gasteiger partial charge in [-0.2, -0.15) is 0 Å². The number of nitrogens with zero attached hydrogens (tertiary/aromatic N) is 4. The molecule has 0 aliphatic carbocycles. The van der Waals surface area contributed by atoms with E-state index in [9.17, 15) is 9.90 Å². The van der Waals surface area contributed by atoms with Crippen molar-refractivity contribution in [1.29, 1.82) is 0 Å². The van der Waals surface area contributed by atoms with Gasteiger partial charge in [-0.3, -0.25) is 19.9 Å². The third-order valence-electron chi connectivity index (χ3n) is 5.08. The molecule has 0 amide bonds. The number of ether oxygens (including phenoxy) is 2. The van der Waals surface area contributed by atoms with Crippen LogP contribution in [0.5, 0.6) is 11.5 Å². The zero-order valence-electron chi connectivity index (χ0n) is 18.6. The molecular formula is C23H26N4O4. The number of aromatic nitrogens is 4. The molecule has 0 aliphatic heterocycles. The first-order valence-corrected chi connectivity index (χ1v) is 9.90. The number of carboxylic acids is 1. The minimum atomic E-state index is -1.05. The maximum absolute atomic E-state index is 11.4. The molecule has 0 spiro atoms. The topological polar surface area (TPSA) is 107 Å². The van der Waals surface area contributed by atoms with E-state index in [2.05, 4.69) is 19.9 Å². The summed E-state index contributed by atoms with van der Waals surface area (Å²) in [5.74, 6) is -0.318. The quantitative estimate of drug-likeness (QED) is 0.609. The summed E-state index contributed by atoms with van der Waals surface area (Å²) in [5.41, 5.74) is 6.46. The molecule has 0 radical (unpaired) electrons. The van der Waals surface area contributed by atoms with Crippen LogP contribution in [0, 0.1) is 41.5 Å². The third-order valence-corrected chi connectivity index (χ3v) is 5.08. The van der Waals surface area contributed by atoms with Gasteiger partial charge in [-0.15, -0.1) is 0 Å². The number of benzene rings is 1. The lowest BCUT2D eigenvalue weighted by atomic mass is 10.2. The predicted molar refractivity (Wildman–Crippen MR) is 115 cm³/mol. The molecule has 0 fully saturated rings. The first-order valence-electron chi connectivity index (χ1n) is 9.90. The average Bonchev–Trinajstić information content (AvgIpc) is 2.71. The highest BCUT2D eigenvalue weighted by atomic mass is 16.5. The summed E-state index contributed by atoms with van der Waals surface area (Å²) in [4.78, 5) is 29.5. The molecule has 2 heterocycles.